The van der Waals surface area contributed by atoms with Crippen LogP contribution in [0, 0.1) is 5.82 Å². The number of fused-ring (bicyclic) bond motifs is 3. The summed E-state index contributed by atoms with van der Waals surface area (Å²) in [4.78, 5) is 33.7. The topological polar surface area (TPSA) is 195 Å². The predicted molar refractivity (Wildman–Crippen MR) is 136 cm³/mol. The summed E-state index contributed by atoms with van der Waals surface area (Å²) in [6, 6.07) is 3.64. The zero-order chi connectivity index (χ0) is 27.6. The van der Waals surface area contributed by atoms with Crippen molar-refractivity contribution >= 4 is 33.1 Å². The van der Waals surface area contributed by atoms with Gasteiger partial charge in [0.2, 0.25) is 5.82 Å². The molecule has 4 aromatic rings. The van der Waals surface area contributed by atoms with Crippen molar-refractivity contribution in [2.24, 2.45) is 5.73 Å². The van der Waals surface area contributed by atoms with E-state index in [-0.39, 0.29) is 51.7 Å². The second-order valence-electron chi connectivity index (χ2n) is 9.94. The number of nitrogens with zero attached hydrogens (tertiary/aromatic N) is 6. The number of hydrogen-bond acceptors (Lipinski definition) is 9. The van der Waals surface area contributed by atoms with Gasteiger partial charge in [0.1, 0.15) is 22.9 Å². The van der Waals surface area contributed by atoms with Gasteiger partial charge in [0.05, 0.1) is 17.5 Å². The number of benzene rings is 1. The number of hydrogen-bond donors (Lipinski definition) is 3. The first kappa shape index (κ1) is 24.9. The van der Waals surface area contributed by atoms with Crippen LogP contribution in [-0.4, -0.2) is 73.3 Å². The van der Waals surface area contributed by atoms with Crippen molar-refractivity contribution in [3.63, 3.8) is 0 Å². The molecule has 39 heavy (non-hydrogen) atoms. The molecule has 2 amide bonds. The number of halogens is 1. The first-order valence-corrected chi connectivity index (χ1v) is 14.1. The molecule has 2 bridgehead atoms. The molecule has 0 saturated carbocycles. The number of nitrogen functional groups attached to an aromatic ring is 1. The molecule has 6 rings (SSSR count). The number of aromatic nitrogens is 6. The number of H-pyrrole nitrogens is 1. The molecule has 0 spiro atoms. The maximum Gasteiger partial charge on any atom is 0.292 e. The molecule has 2 aliphatic rings. The number of amides is 2. The van der Waals surface area contributed by atoms with Gasteiger partial charge in [-0.25, -0.2) is 17.8 Å². The zero-order valence-corrected chi connectivity index (χ0v) is 21.5. The number of anilines is 1. The van der Waals surface area contributed by atoms with Crippen molar-refractivity contribution in [1.29, 1.82) is 0 Å². The average Bonchev–Trinajstić information content (AvgIpc) is 3.61. The molecule has 3 aromatic heterocycles. The Bertz CT molecular complexity index is 1740. The third kappa shape index (κ3) is 4.00. The predicted octanol–water partition coefficient (Wildman–Crippen LogP) is 1.29. The van der Waals surface area contributed by atoms with E-state index in [1.807, 2.05) is 0 Å². The van der Waals surface area contributed by atoms with Gasteiger partial charge in [-0.15, -0.1) is 10.2 Å². The molecule has 2 fully saturated rings. The van der Waals surface area contributed by atoms with Crippen molar-refractivity contribution in [1.82, 2.24) is 34.7 Å². The summed E-state index contributed by atoms with van der Waals surface area (Å²) < 4.78 is 41.7. The van der Waals surface area contributed by atoms with Crippen LogP contribution in [0.5, 0.6) is 0 Å². The Balaban J connectivity index is 1.45. The van der Waals surface area contributed by atoms with Gasteiger partial charge in [-0.3, -0.25) is 9.59 Å². The van der Waals surface area contributed by atoms with Crippen LogP contribution in [0.1, 0.15) is 58.3 Å². The summed E-state index contributed by atoms with van der Waals surface area (Å²) in [6.45, 7) is 0. The van der Waals surface area contributed by atoms with E-state index in [1.165, 1.54) is 29.2 Å². The number of sulfone groups is 1. The number of piperidine rings is 1. The van der Waals surface area contributed by atoms with Gasteiger partial charge in [-0.2, -0.15) is 9.61 Å². The molecule has 15 heteroatoms. The van der Waals surface area contributed by atoms with E-state index in [9.17, 15) is 22.4 Å². The second kappa shape index (κ2) is 8.83. The minimum absolute atomic E-state index is 0.106. The molecule has 2 saturated heterocycles. The maximum absolute atomic E-state index is 14.6. The van der Waals surface area contributed by atoms with E-state index in [2.05, 4.69) is 20.3 Å². The summed E-state index contributed by atoms with van der Waals surface area (Å²) in [5.74, 6) is -2.21. The van der Waals surface area contributed by atoms with Crippen LogP contribution >= 0.6 is 0 Å². The Hall–Kier alpha value is -4.40. The van der Waals surface area contributed by atoms with Gasteiger partial charge in [-0.05, 0) is 43.4 Å². The highest BCUT2D eigenvalue weighted by Gasteiger charge is 2.46. The van der Waals surface area contributed by atoms with Crippen LogP contribution in [0.4, 0.5) is 10.2 Å². The van der Waals surface area contributed by atoms with E-state index >= 15 is 0 Å². The highest BCUT2D eigenvalue weighted by molar-refractivity contribution is 7.91. The smallest absolute Gasteiger partial charge is 0.292 e. The maximum atomic E-state index is 14.6. The molecule has 5 heterocycles. The number of nitrogens with two attached hydrogens (primary N) is 2. The lowest BCUT2D eigenvalue weighted by Gasteiger charge is -2.38. The van der Waals surface area contributed by atoms with Crippen molar-refractivity contribution in [2.45, 2.75) is 48.6 Å². The molecular formula is C24H24FN9O4S. The van der Waals surface area contributed by atoms with E-state index in [0.717, 1.165) is 25.2 Å². The van der Waals surface area contributed by atoms with Gasteiger partial charge in [-0.1, -0.05) is 6.07 Å². The monoisotopic (exact) mass is 553 g/mol. The highest BCUT2D eigenvalue weighted by Crippen LogP contribution is 2.45. The SMILES string of the molecule is CS(=O)(=O)c1c(C2CC3CCC(C2)N3C(=O)c2nnc[nH]2)nc2c(-c3ccc(C(N)=O)c(F)c3)cnn2c1N. The molecule has 13 nitrogen and oxygen atoms in total. The number of aromatic amines is 1. The van der Waals surface area contributed by atoms with Gasteiger partial charge in [0.15, 0.2) is 15.5 Å². The van der Waals surface area contributed by atoms with Crippen LogP contribution < -0.4 is 11.5 Å². The Labute approximate surface area is 221 Å². The van der Waals surface area contributed by atoms with E-state index in [0.29, 0.717) is 29.7 Å². The lowest BCUT2D eigenvalue weighted by molar-refractivity contribution is 0.0556. The number of rotatable bonds is 5. The zero-order valence-electron chi connectivity index (χ0n) is 20.7. The summed E-state index contributed by atoms with van der Waals surface area (Å²) >= 11 is 0. The first-order valence-electron chi connectivity index (χ1n) is 12.2. The van der Waals surface area contributed by atoms with Crippen LogP contribution in [0.15, 0.2) is 35.6 Å². The van der Waals surface area contributed by atoms with Gasteiger partial charge in [0, 0.05) is 29.8 Å². The van der Waals surface area contributed by atoms with E-state index < -0.39 is 21.6 Å². The van der Waals surface area contributed by atoms with E-state index in [1.54, 1.807) is 4.90 Å². The van der Waals surface area contributed by atoms with Crippen LogP contribution in [0.3, 0.4) is 0 Å². The quantitative estimate of drug-likeness (QED) is 0.326. The molecule has 2 aliphatic heterocycles. The Morgan fingerprint density at radius 3 is 2.49 bits per heavy atom. The van der Waals surface area contributed by atoms with E-state index in [4.69, 9.17) is 16.5 Å². The summed E-state index contributed by atoms with van der Waals surface area (Å²) in [5.41, 5.74) is 12.7. The molecular weight excluding hydrogens is 529 g/mol. The minimum atomic E-state index is -3.83. The standard InChI is InChI=1S/C24H24FN9O4S/c1-39(37,38)19-18(12-6-13-3-4-14(7-12)33(13)24(36)22-28-10-29-32-22)31-23-16(9-30-34(23)20(19)26)11-2-5-15(21(27)35)17(25)8-11/h2,5,8-10,12-14H,3-4,6-7,26H2,1H3,(H2,27,35)(H,28,29,32). The molecule has 2 atom stereocenters. The third-order valence-electron chi connectivity index (χ3n) is 7.55. The van der Waals surface area contributed by atoms with Crippen molar-refractivity contribution < 1.29 is 22.4 Å². The molecule has 5 N–H and O–H groups in total. The Morgan fingerprint density at radius 2 is 1.90 bits per heavy atom. The second-order valence-corrected chi connectivity index (χ2v) is 11.9. The lowest BCUT2D eigenvalue weighted by Crippen LogP contribution is -2.46. The number of nitrogens with one attached hydrogen (secondary N) is 1. The largest absolute Gasteiger partial charge is 0.382 e. The van der Waals surface area contributed by atoms with Crippen LogP contribution in [0.2, 0.25) is 0 Å². The fourth-order valence-corrected chi connectivity index (χ4v) is 6.98. The van der Waals surface area contributed by atoms with Crippen molar-refractivity contribution in [3.05, 3.63) is 53.6 Å². The van der Waals surface area contributed by atoms with Gasteiger partial charge in [0.25, 0.3) is 11.8 Å². The molecule has 2 unspecified atom stereocenters. The van der Waals surface area contributed by atoms with Crippen molar-refractivity contribution in [3.8, 4) is 11.1 Å². The summed E-state index contributed by atoms with van der Waals surface area (Å²) in [6.07, 6.45) is 6.30. The minimum Gasteiger partial charge on any atom is -0.382 e. The number of carbonyl (C=O) groups excluding carboxylic acids is 2. The molecule has 0 aliphatic carbocycles. The third-order valence-corrected chi connectivity index (χ3v) is 8.71. The van der Waals surface area contributed by atoms with Gasteiger partial charge < -0.3 is 21.4 Å². The number of carbonyl (C=O) groups is 2. The normalized spacial score (nSPS) is 21.0. The number of primary amides is 1. The molecule has 1 aromatic carbocycles. The van der Waals surface area contributed by atoms with Crippen LogP contribution in [-0.2, 0) is 9.84 Å². The lowest BCUT2D eigenvalue weighted by atomic mass is 9.87. The molecule has 0 radical (unpaired) electrons. The summed E-state index contributed by atoms with van der Waals surface area (Å²) in [5, 5.41) is 11.8. The van der Waals surface area contributed by atoms with Crippen molar-refractivity contribution in [2.75, 3.05) is 12.0 Å². The summed E-state index contributed by atoms with van der Waals surface area (Å²) in [7, 11) is -3.83. The fraction of sp³-hybridized carbons (Fsp3) is 0.333. The first-order chi connectivity index (χ1) is 18.5. The molecule has 202 valence electrons. The van der Waals surface area contributed by atoms with Gasteiger partial charge >= 0.3 is 0 Å². The van der Waals surface area contributed by atoms with Crippen LogP contribution in [0.25, 0.3) is 16.8 Å². The Morgan fingerprint density at radius 1 is 1.18 bits per heavy atom. The highest BCUT2D eigenvalue weighted by atomic mass is 32.2. The Kier molecular flexibility index (Phi) is 5.64. The average molecular weight is 554 g/mol. The fourth-order valence-electron chi connectivity index (χ4n) is 5.92.